The summed E-state index contributed by atoms with van der Waals surface area (Å²) in [6.45, 7) is 0. The molecule has 4 bridgehead atoms. The van der Waals surface area contributed by atoms with E-state index in [1.165, 1.54) is 62.6 Å². The van der Waals surface area contributed by atoms with Gasteiger partial charge in [-0.2, -0.15) is 5.10 Å². The van der Waals surface area contributed by atoms with Crippen LogP contribution in [0.2, 0.25) is 0 Å². The summed E-state index contributed by atoms with van der Waals surface area (Å²) >= 11 is 0. The van der Waals surface area contributed by atoms with Crippen molar-refractivity contribution in [2.75, 3.05) is 7.05 Å². The molecule has 1 aromatic heterocycles. The average Bonchev–Trinajstić information content (AvgIpc) is 2.96. The van der Waals surface area contributed by atoms with Crippen molar-refractivity contribution in [1.29, 1.82) is 0 Å². The lowest BCUT2D eigenvalue weighted by molar-refractivity contribution is -0.0497. The predicted molar refractivity (Wildman–Crippen MR) is 78.5 cm³/mol. The molecule has 1 unspecified atom stereocenters. The molecule has 3 nitrogen and oxygen atoms in total. The summed E-state index contributed by atoms with van der Waals surface area (Å²) in [5.41, 5.74) is 3.26. The number of hydrogen-bond acceptors (Lipinski definition) is 2. The highest BCUT2D eigenvalue weighted by Gasteiger charge is 2.52. The van der Waals surface area contributed by atoms with Crippen molar-refractivity contribution in [2.24, 2.45) is 17.8 Å². The average molecular weight is 271 g/mol. The first kappa shape index (κ1) is 11.8. The van der Waals surface area contributed by atoms with Gasteiger partial charge in [-0.1, -0.05) is 0 Å². The zero-order valence-corrected chi connectivity index (χ0v) is 12.4. The van der Waals surface area contributed by atoms with Crippen LogP contribution in [0, 0.1) is 17.8 Å². The molecule has 0 aliphatic heterocycles. The largest absolute Gasteiger partial charge is 0.312 e. The zero-order valence-electron chi connectivity index (χ0n) is 12.4. The zero-order chi connectivity index (χ0) is 13.3. The van der Waals surface area contributed by atoms with Crippen LogP contribution in [0.1, 0.15) is 62.2 Å². The molecule has 1 N–H and O–H groups in total. The summed E-state index contributed by atoms with van der Waals surface area (Å²) in [4.78, 5) is 0. The van der Waals surface area contributed by atoms with Crippen molar-refractivity contribution >= 4 is 0 Å². The van der Waals surface area contributed by atoms with E-state index in [2.05, 4.69) is 23.2 Å². The summed E-state index contributed by atoms with van der Waals surface area (Å²) < 4.78 is 2.44. The van der Waals surface area contributed by atoms with Crippen molar-refractivity contribution in [3.63, 3.8) is 0 Å². The summed E-state index contributed by atoms with van der Waals surface area (Å²) in [6.07, 6.45) is 13.6. The Hall–Kier alpha value is -0.830. The molecule has 6 rings (SSSR count). The van der Waals surface area contributed by atoms with Gasteiger partial charge >= 0.3 is 0 Å². The minimum absolute atomic E-state index is 0.400. The molecule has 4 saturated carbocycles. The Morgan fingerprint density at radius 3 is 2.40 bits per heavy atom. The van der Waals surface area contributed by atoms with Gasteiger partial charge in [0, 0.05) is 6.20 Å². The molecular weight excluding hydrogens is 246 g/mol. The summed E-state index contributed by atoms with van der Waals surface area (Å²) in [6, 6.07) is 0.500. The highest BCUT2D eigenvalue weighted by molar-refractivity contribution is 5.27. The lowest BCUT2D eigenvalue weighted by atomic mass is 9.53. The number of fused-ring (bicyclic) bond motifs is 1. The molecule has 0 amide bonds. The van der Waals surface area contributed by atoms with E-state index in [1.54, 1.807) is 0 Å². The van der Waals surface area contributed by atoms with Crippen LogP contribution in [0.15, 0.2) is 6.20 Å². The third-order valence-electron chi connectivity index (χ3n) is 6.70. The van der Waals surface area contributed by atoms with E-state index in [-0.39, 0.29) is 0 Å². The molecule has 5 aliphatic rings. The molecule has 0 saturated heterocycles. The standard InChI is InChI=1S/C17H25N3/c1-18-15-3-2-14-10-20(19-16(14)15)17-7-11-4-12(8-17)6-13(5-11)9-17/h10-13,15,18H,2-9H2,1H3. The first-order valence-electron chi connectivity index (χ1n) is 8.52. The second-order valence-electron chi connectivity index (χ2n) is 8.01. The second kappa shape index (κ2) is 3.88. The van der Waals surface area contributed by atoms with Gasteiger partial charge < -0.3 is 5.32 Å². The monoisotopic (exact) mass is 271 g/mol. The molecule has 108 valence electrons. The topological polar surface area (TPSA) is 29.9 Å². The Kier molecular flexibility index (Phi) is 2.29. The van der Waals surface area contributed by atoms with E-state index in [4.69, 9.17) is 5.10 Å². The van der Waals surface area contributed by atoms with Gasteiger partial charge in [0.25, 0.3) is 0 Å². The molecule has 0 radical (unpaired) electrons. The molecule has 1 aromatic rings. The Morgan fingerprint density at radius 2 is 1.80 bits per heavy atom. The molecule has 5 aliphatic carbocycles. The molecule has 0 aromatic carbocycles. The van der Waals surface area contributed by atoms with Crippen LogP contribution in [-0.2, 0) is 12.0 Å². The molecule has 1 atom stereocenters. The Balaban J connectivity index is 1.54. The molecule has 20 heavy (non-hydrogen) atoms. The molecule has 4 fully saturated rings. The number of hydrogen-bond donors (Lipinski definition) is 1. The van der Waals surface area contributed by atoms with E-state index >= 15 is 0 Å². The number of aryl methyl sites for hydroxylation is 1. The fourth-order valence-electron chi connectivity index (χ4n) is 6.22. The molecule has 0 spiro atoms. The van der Waals surface area contributed by atoms with Gasteiger partial charge in [-0.15, -0.1) is 0 Å². The maximum atomic E-state index is 5.09. The van der Waals surface area contributed by atoms with Gasteiger partial charge in [-0.3, -0.25) is 4.68 Å². The Labute approximate surface area is 121 Å². The van der Waals surface area contributed by atoms with Crippen molar-refractivity contribution in [3.05, 3.63) is 17.5 Å². The second-order valence-corrected chi connectivity index (χ2v) is 8.01. The Bertz CT molecular complexity index is 509. The number of rotatable bonds is 2. The van der Waals surface area contributed by atoms with Gasteiger partial charge in [0.2, 0.25) is 0 Å². The minimum atomic E-state index is 0.400. The fraction of sp³-hybridized carbons (Fsp3) is 0.824. The summed E-state index contributed by atoms with van der Waals surface area (Å²) in [5, 5.41) is 8.52. The van der Waals surface area contributed by atoms with Gasteiger partial charge in [-0.25, -0.2) is 0 Å². The molecule has 3 heteroatoms. The summed E-state index contributed by atoms with van der Waals surface area (Å²) in [7, 11) is 2.07. The normalized spacial score (nSPS) is 45.0. The van der Waals surface area contributed by atoms with E-state index < -0.39 is 0 Å². The minimum Gasteiger partial charge on any atom is -0.312 e. The summed E-state index contributed by atoms with van der Waals surface area (Å²) in [5.74, 6) is 3.00. The molecular formula is C17H25N3. The first-order chi connectivity index (χ1) is 9.76. The molecule has 1 heterocycles. The van der Waals surface area contributed by atoms with Crippen molar-refractivity contribution < 1.29 is 0 Å². The van der Waals surface area contributed by atoms with E-state index in [0.29, 0.717) is 11.6 Å². The van der Waals surface area contributed by atoms with E-state index in [1.807, 2.05) is 0 Å². The van der Waals surface area contributed by atoms with Crippen LogP contribution in [0.25, 0.3) is 0 Å². The van der Waals surface area contributed by atoms with Crippen molar-refractivity contribution in [3.8, 4) is 0 Å². The predicted octanol–water partition coefficient (Wildman–Crippen LogP) is 3.02. The number of nitrogens with zero attached hydrogens (tertiary/aromatic N) is 2. The van der Waals surface area contributed by atoms with Crippen LogP contribution < -0.4 is 5.32 Å². The van der Waals surface area contributed by atoms with Crippen LogP contribution in [0.5, 0.6) is 0 Å². The van der Waals surface area contributed by atoms with E-state index in [0.717, 1.165) is 17.8 Å². The first-order valence-corrected chi connectivity index (χ1v) is 8.52. The highest BCUT2D eigenvalue weighted by Crippen LogP contribution is 2.58. The number of aromatic nitrogens is 2. The van der Waals surface area contributed by atoms with Crippen LogP contribution in [0.3, 0.4) is 0 Å². The van der Waals surface area contributed by atoms with Crippen LogP contribution in [0.4, 0.5) is 0 Å². The lowest BCUT2D eigenvalue weighted by Crippen LogP contribution is -2.52. The van der Waals surface area contributed by atoms with Crippen LogP contribution >= 0.6 is 0 Å². The SMILES string of the molecule is CNC1CCc2cn(C34CC5CC(CC(C5)C3)C4)nc21. The quantitative estimate of drug-likeness (QED) is 0.896. The smallest absolute Gasteiger partial charge is 0.0826 e. The number of nitrogens with one attached hydrogen (secondary N) is 1. The Morgan fingerprint density at radius 1 is 1.15 bits per heavy atom. The maximum Gasteiger partial charge on any atom is 0.0826 e. The van der Waals surface area contributed by atoms with Gasteiger partial charge in [0.15, 0.2) is 0 Å². The van der Waals surface area contributed by atoms with Crippen molar-refractivity contribution in [1.82, 2.24) is 15.1 Å². The third kappa shape index (κ3) is 1.47. The van der Waals surface area contributed by atoms with Crippen molar-refractivity contribution in [2.45, 2.75) is 62.9 Å². The van der Waals surface area contributed by atoms with Gasteiger partial charge in [0.1, 0.15) is 0 Å². The van der Waals surface area contributed by atoms with Gasteiger partial charge in [-0.05, 0) is 81.7 Å². The fourth-order valence-corrected chi connectivity index (χ4v) is 6.22. The van der Waals surface area contributed by atoms with Gasteiger partial charge in [0.05, 0.1) is 17.3 Å². The highest BCUT2D eigenvalue weighted by atomic mass is 15.3. The van der Waals surface area contributed by atoms with Crippen LogP contribution in [-0.4, -0.2) is 16.8 Å². The van der Waals surface area contributed by atoms with E-state index in [9.17, 15) is 0 Å². The third-order valence-corrected chi connectivity index (χ3v) is 6.70. The lowest BCUT2D eigenvalue weighted by Gasteiger charge is -2.56. The maximum absolute atomic E-state index is 5.09.